The average Bonchev–Trinajstić information content (AvgIpc) is 1.97. The Morgan fingerprint density at radius 2 is 2.09 bits per heavy atom. The lowest BCUT2D eigenvalue weighted by Gasteiger charge is -1.89. The molecule has 0 atom stereocenters. The van der Waals surface area contributed by atoms with E-state index in [1.165, 1.54) is 12.3 Å². The Hall–Kier alpha value is -1.38. The van der Waals surface area contributed by atoms with Crippen LogP contribution in [-0.4, -0.2) is 17.3 Å². The van der Waals surface area contributed by atoms with Gasteiger partial charge < -0.3 is 5.11 Å². The summed E-state index contributed by atoms with van der Waals surface area (Å²) in [6.07, 6.45) is 6.27. The zero-order valence-electron chi connectivity index (χ0n) is 6.61. The van der Waals surface area contributed by atoms with Gasteiger partial charge in [0.1, 0.15) is 5.70 Å². The molecule has 1 N–H and O–H groups in total. The van der Waals surface area contributed by atoms with Crippen molar-refractivity contribution in [1.29, 1.82) is 0 Å². The van der Waals surface area contributed by atoms with Crippen LogP contribution in [0.3, 0.4) is 0 Å². The molecule has 0 spiro atoms. The van der Waals surface area contributed by atoms with Gasteiger partial charge in [-0.15, -0.1) is 0 Å². The van der Waals surface area contributed by atoms with Crippen LogP contribution in [0.15, 0.2) is 28.9 Å². The Morgan fingerprint density at radius 3 is 2.45 bits per heavy atom. The monoisotopic (exact) mass is 153 g/mol. The number of aliphatic carboxylic acids is 1. The molecule has 0 rings (SSSR count). The number of carboxylic acid groups (broad SMARTS) is 1. The van der Waals surface area contributed by atoms with E-state index >= 15 is 0 Å². The van der Waals surface area contributed by atoms with Crippen molar-refractivity contribution in [1.82, 2.24) is 0 Å². The lowest BCUT2D eigenvalue weighted by Crippen LogP contribution is -1.96. The molecule has 60 valence electrons. The van der Waals surface area contributed by atoms with Crippen LogP contribution < -0.4 is 0 Å². The van der Waals surface area contributed by atoms with E-state index in [-0.39, 0.29) is 5.70 Å². The fraction of sp³-hybridized carbons (Fsp3) is 0.250. The van der Waals surface area contributed by atoms with Crippen LogP contribution >= 0.6 is 0 Å². The molecule has 3 heteroatoms. The molecule has 0 unspecified atom stereocenters. The topological polar surface area (TPSA) is 49.7 Å². The summed E-state index contributed by atoms with van der Waals surface area (Å²) in [5.41, 5.74) is 0.0469. The third kappa shape index (κ3) is 4.08. The van der Waals surface area contributed by atoms with Gasteiger partial charge in [0.15, 0.2) is 0 Å². The van der Waals surface area contributed by atoms with Crippen molar-refractivity contribution in [2.45, 2.75) is 13.8 Å². The summed E-state index contributed by atoms with van der Waals surface area (Å²) in [5.74, 6) is -1.01. The van der Waals surface area contributed by atoms with Crippen molar-refractivity contribution >= 4 is 12.2 Å². The largest absolute Gasteiger partial charge is 0.477 e. The van der Waals surface area contributed by atoms with Crippen molar-refractivity contribution in [2.24, 2.45) is 4.99 Å². The molecule has 0 aliphatic carbocycles. The SMILES string of the molecule is CC=N/C(=C\C=C\C)C(=O)O. The van der Waals surface area contributed by atoms with E-state index in [0.29, 0.717) is 0 Å². The highest BCUT2D eigenvalue weighted by molar-refractivity contribution is 5.88. The predicted octanol–water partition coefficient (Wildman–Crippen LogP) is 1.62. The second-order valence-electron chi connectivity index (χ2n) is 1.77. The van der Waals surface area contributed by atoms with E-state index in [1.54, 1.807) is 19.1 Å². The first-order valence-electron chi connectivity index (χ1n) is 3.27. The normalized spacial score (nSPS) is 13.1. The molecule has 11 heavy (non-hydrogen) atoms. The fourth-order valence-corrected chi connectivity index (χ4v) is 0.496. The minimum absolute atomic E-state index is 0.0469. The standard InChI is InChI=1S/C8H11NO2/c1-3-5-6-7(8(10)11)9-4-2/h3-6H,1-2H3,(H,10,11)/b5-3+,7-6-,9-4?. The molecule has 0 amide bonds. The number of aliphatic imine (C=N–C) groups is 1. The van der Waals surface area contributed by atoms with Crippen LogP contribution in [0.4, 0.5) is 0 Å². The van der Waals surface area contributed by atoms with Gasteiger partial charge in [0.25, 0.3) is 0 Å². The number of carbonyl (C=O) groups is 1. The maximum Gasteiger partial charge on any atom is 0.354 e. The second-order valence-corrected chi connectivity index (χ2v) is 1.77. The highest BCUT2D eigenvalue weighted by Crippen LogP contribution is 1.95. The molecule has 0 aliphatic rings. The minimum Gasteiger partial charge on any atom is -0.477 e. The molecule has 0 saturated carbocycles. The van der Waals surface area contributed by atoms with Crippen molar-refractivity contribution < 1.29 is 9.90 Å². The third-order valence-electron chi connectivity index (χ3n) is 0.934. The predicted molar refractivity (Wildman–Crippen MR) is 44.7 cm³/mol. The van der Waals surface area contributed by atoms with Crippen LogP contribution in [0.5, 0.6) is 0 Å². The molecule has 0 aromatic rings. The van der Waals surface area contributed by atoms with Gasteiger partial charge in [-0.2, -0.15) is 0 Å². The third-order valence-corrected chi connectivity index (χ3v) is 0.934. The Kier molecular flexibility index (Phi) is 4.73. The number of hydrogen-bond acceptors (Lipinski definition) is 2. The molecule has 0 bridgehead atoms. The molecule has 3 nitrogen and oxygen atoms in total. The summed E-state index contributed by atoms with van der Waals surface area (Å²) >= 11 is 0. The van der Waals surface area contributed by atoms with Crippen molar-refractivity contribution in [3.8, 4) is 0 Å². The molecule has 0 saturated heterocycles. The second kappa shape index (κ2) is 5.41. The van der Waals surface area contributed by atoms with Crippen LogP contribution in [0, 0.1) is 0 Å². The first-order valence-corrected chi connectivity index (χ1v) is 3.27. The molecular formula is C8H11NO2. The smallest absolute Gasteiger partial charge is 0.354 e. The lowest BCUT2D eigenvalue weighted by molar-refractivity contribution is -0.132. The van der Waals surface area contributed by atoms with Gasteiger partial charge in [-0.1, -0.05) is 12.2 Å². The summed E-state index contributed by atoms with van der Waals surface area (Å²) in [7, 11) is 0. The van der Waals surface area contributed by atoms with E-state index < -0.39 is 5.97 Å². The number of carboxylic acids is 1. The molecule has 0 aliphatic heterocycles. The van der Waals surface area contributed by atoms with Crippen LogP contribution in [0.1, 0.15) is 13.8 Å². The van der Waals surface area contributed by atoms with E-state index in [0.717, 1.165) is 0 Å². The molecule has 0 heterocycles. The van der Waals surface area contributed by atoms with Gasteiger partial charge >= 0.3 is 5.97 Å². The highest BCUT2D eigenvalue weighted by atomic mass is 16.4. The number of nitrogens with zero attached hydrogens (tertiary/aromatic N) is 1. The van der Waals surface area contributed by atoms with Gasteiger partial charge in [0.2, 0.25) is 0 Å². The van der Waals surface area contributed by atoms with E-state index in [1.807, 2.05) is 6.92 Å². The van der Waals surface area contributed by atoms with Gasteiger partial charge in [-0.3, -0.25) is 4.99 Å². The number of hydrogen-bond donors (Lipinski definition) is 1. The van der Waals surface area contributed by atoms with E-state index in [2.05, 4.69) is 4.99 Å². The zero-order valence-corrected chi connectivity index (χ0v) is 6.61. The maximum absolute atomic E-state index is 10.4. The highest BCUT2D eigenvalue weighted by Gasteiger charge is 2.00. The van der Waals surface area contributed by atoms with Gasteiger partial charge in [-0.05, 0) is 19.9 Å². The van der Waals surface area contributed by atoms with Crippen LogP contribution in [-0.2, 0) is 4.79 Å². The lowest BCUT2D eigenvalue weighted by atomic mass is 10.4. The van der Waals surface area contributed by atoms with E-state index in [9.17, 15) is 4.79 Å². The Balaban J connectivity index is 4.45. The van der Waals surface area contributed by atoms with Gasteiger partial charge in [-0.25, -0.2) is 4.79 Å². The quantitative estimate of drug-likeness (QED) is 0.380. The number of allylic oxidation sites excluding steroid dienone is 3. The molecule has 0 aromatic heterocycles. The Morgan fingerprint density at radius 1 is 1.45 bits per heavy atom. The number of rotatable bonds is 3. The summed E-state index contributed by atoms with van der Waals surface area (Å²) in [6.45, 7) is 3.48. The summed E-state index contributed by atoms with van der Waals surface area (Å²) in [5, 5.41) is 8.52. The summed E-state index contributed by atoms with van der Waals surface area (Å²) < 4.78 is 0. The van der Waals surface area contributed by atoms with Crippen LogP contribution in [0.25, 0.3) is 0 Å². The van der Waals surface area contributed by atoms with Crippen LogP contribution in [0.2, 0.25) is 0 Å². The maximum atomic E-state index is 10.4. The summed E-state index contributed by atoms with van der Waals surface area (Å²) in [4.78, 5) is 14.0. The fourth-order valence-electron chi connectivity index (χ4n) is 0.496. The first-order chi connectivity index (χ1) is 5.22. The van der Waals surface area contributed by atoms with Gasteiger partial charge in [0.05, 0.1) is 0 Å². The van der Waals surface area contributed by atoms with Crippen molar-refractivity contribution in [3.05, 3.63) is 23.9 Å². The van der Waals surface area contributed by atoms with E-state index in [4.69, 9.17) is 5.11 Å². The van der Waals surface area contributed by atoms with Gasteiger partial charge in [0, 0.05) is 6.21 Å². The molecule has 0 aromatic carbocycles. The van der Waals surface area contributed by atoms with Crippen molar-refractivity contribution in [2.75, 3.05) is 0 Å². The average molecular weight is 153 g/mol. The Labute approximate surface area is 65.8 Å². The summed E-state index contributed by atoms with van der Waals surface area (Å²) in [6, 6.07) is 0. The Bertz CT molecular complexity index is 214. The minimum atomic E-state index is -1.01. The zero-order chi connectivity index (χ0) is 8.69. The molecule has 0 fully saturated rings. The first kappa shape index (κ1) is 9.62. The van der Waals surface area contributed by atoms with Crippen molar-refractivity contribution in [3.63, 3.8) is 0 Å². The molecule has 0 radical (unpaired) electrons. The molecular weight excluding hydrogens is 142 g/mol.